The van der Waals surface area contributed by atoms with Crippen LogP contribution in [0.15, 0.2) is 58.5 Å². The molecular weight excluding hydrogens is 450 g/mol. The molecule has 0 spiro atoms. The van der Waals surface area contributed by atoms with Gasteiger partial charge in [-0.3, -0.25) is 4.98 Å². The van der Waals surface area contributed by atoms with Crippen LogP contribution in [0.2, 0.25) is 0 Å². The predicted octanol–water partition coefficient (Wildman–Crippen LogP) is 2.63. The highest BCUT2D eigenvalue weighted by Crippen LogP contribution is 2.25. The van der Waals surface area contributed by atoms with Crippen molar-refractivity contribution in [1.29, 1.82) is 0 Å². The molecule has 1 aromatic heterocycles. The lowest BCUT2D eigenvalue weighted by Gasteiger charge is -2.26. The van der Waals surface area contributed by atoms with Crippen LogP contribution in [0.5, 0.6) is 0 Å². The Labute approximate surface area is 190 Å². The maximum absolute atomic E-state index is 13.5. The number of hydrogen-bond acceptors (Lipinski definition) is 6. The van der Waals surface area contributed by atoms with E-state index in [9.17, 15) is 16.8 Å². The Hall–Kier alpha value is -1.85. The molecule has 0 N–H and O–H groups in total. The first-order valence-electron chi connectivity index (χ1n) is 11.0. The quantitative estimate of drug-likeness (QED) is 0.577. The van der Waals surface area contributed by atoms with Gasteiger partial charge in [-0.25, -0.2) is 16.8 Å². The third kappa shape index (κ3) is 5.20. The third-order valence-electron chi connectivity index (χ3n) is 5.91. The summed E-state index contributed by atoms with van der Waals surface area (Å²) in [5.74, 6) is 0. The van der Waals surface area contributed by atoms with Crippen molar-refractivity contribution in [2.24, 2.45) is 0 Å². The molecule has 2 aliphatic rings. The van der Waals surface area contributed by atoms with Crippen LogP contribution in [-0.2, 0) is 31.3 Å². The van der Waals surface area contributed by atoms with Crippen molar-refractivity contribution < 1.29 is 21.6 Å². The summed E-state index contributed by atoms with van der Waals surface area (Å²) >= 11 is 0. The van der Waals surface area contributed by atoms with E-state index in [1.165, 1.54) is 32.9 Å². The van der Waals surface area contributed by atoms with E-state index in [-0.39, 0.29) is 29.0 Å². The fraction of sp³-hybridized carbons (Fsp3) is 0.500. The summed E-state index contributed by atoms with van der Waals surface area (Å²) in [7, 11) is -7.49. The van der Waals surface area contributed by atoms with Crippen LogP contribution in [0.3, 0.4) is 0 Å². The molecule has 1 aromatic carbocycles. The Kier molecular flexibility index (Phi) is 7.26. The molecule has 0 bridgehead atoms. The second-order valence-electron chi connectivity index (χ2n) is 8.19. The molecule has 1 unspecified atom stereocenters. The van der Waals surface area contributed by atoms with E-state index in [2.05, 4.69) is 4.98 Å². The average molecular weight is 480 g/mol. The van der Waals surface area contributed by atoms with Crippen molar-refractivity contribution in [3.05, 3.63) is 54.4 Å². The molecule has 2 saturated heterocycles. The van der Waals surface area contributed by atoms with Gasteiger partial charge in [0.1, 0.15) is 0 Å². The van der Waals surface area contributed by atoms with Gasteiger partial charge < -0.3 is 4.74 Å². The normalized spacial score (nSPS) is 20.6. The standard InChI is InChI=1S/C22H29N3O5S2/c26-31(27,24-14-4-1-5-15-24)21-9-11-22(12-10-21)32(28,29)25(18-20-8-6-16-30-20)17-19-7-2-3-13-23-19/h2-3,7,9-13,20H,1,4-6,8,14-18H2. The van der Waals surface area contributed by atoms with Crippen molar-refractivity contribution in [2.75, 3.05) is 26.2 Å². The van der Waals surface area contributed by atoms with Gasteiger partial charge in [-0.15, -0.1) is 0 Å². The highest BCUT2D eigenvalue weighted by molar-refractivity contribution is 7.89. The van der Waals surface area contributed by atoms with Crippen LogP contribution in [0, 0.1) is 0 Å². The van der Waals surface area contributed by atoms with Crippen LogP contribution in [0.25, 0.3) is 0 Å². The molecule has 32 heavy (non-hydrogen) atoms. The summed E-state index contributed by atoms with van der Waals surface area (Å²) in [6.07, 6.45) is 5.90. The second-order valence-corrected chi connectivity index (χ2v) is 12.1. The molecule has 10 heteroatoms. The molecule has 174 valence electrons. The smallest absolute Gasteiger partial charge is 0.243 e. The van der Waals surface area contributed by atoms with Gasteiger partial charge in [0.2, 0.25) is 20.0 Å². The summed E-state index contributed by atoms with van der Waals surface area (Å²) in [4.78, 5) is 4.45. The van der Waals surface area contributed by atoms with Gasteiger partial charge in [-0.2, -0.15) is 8.61 Å². The first-order chi connectivity index (χ1) is 15.4. The molecule has 8 nitrogen and oxygen atoms in total. The Morgan fingerprint density at radius 1 is 0.938 bits per heavy atom. The van der Waals surface area contributed by atoms with Gasteiger partial charge in [0.15, 0.2) is 0 Å². The summed E-state index contributed by atoms with van der Waals surface area (Å²) in [6, 6.07) is 10.9. The van der Waals surface area contributed by atoms with Gasteiger partial charge in [-0.1, -0.05) is 12.5 Å². The Balaban J connectivity index is 1.58. The predicted molar refractivity (Wildman–Crippen MR) is 120 cm³/mol. The number of nitrogens with zero attached hydrogens (tertiary/aromatic N) is 3. The number of ether oxygens (including phenoxy) is 1. The summed E-state index contributed by atoms with van der Waals surface area (Å²) < 4.78 is 61.3. The summed E-state index contributed by atoms with van der Waals surface area (Å²) in [5.41, 5.74) is 0.637. The number of sulfonamides is 2. The molecule has 2 aliphatic heterocycles. The minimum Gasteiger partial charge on any atom is -0.377 e. The maximum atomic E-state index is 13.5. The number of hydrogen-bond donors (Lipinski definition) is 0. The zero-order valence-electron chi connectivity index (χ0n) is 18.0. The van der Waals surface area contributed by atoms with Gasteiger partial charge in [0.25, 0.3) is 0 Å². The van der Waals surface area contributed by atoms with Crippen molar-refractivity contribution in [1.82, 2.24) is 13.6 Å². The highest BCUT2D eigenvalue weighted by Gasteiger charge is 2.31. The fourth-order valence-electron chi connectivity index (χ4n) is 4.12. The van der Waals surface area contributed by atoms with Crippen molar-refractivity contribution in [3.63, 3.8) is 0 Å². The molecule has 3 heterocycles. The van der Waals surface area contributed by atoms with Gasteiger partial charge >= 0.3 is 0 Å². The number of aromatic nitrogens is 1. The fourth-order valence-corrected chi connectivity index (χ4v) is 7.08. The van der Waals surface area contributed by atoms with E-state index in [0.29, 0.717) is 25.4 Å². The molecular formula is C22H29N3O5S2. The first kappa shape index (κ1) is 23.3. The number of pyridine rings is 1. The summed E-state index contributed by atoms with van der Waals surface area (Å²) in [6.45, 7) is 1.98. The third-order valence-corrected chi connectivity index (χ3v) is 9.65. The van der Waals surface area contributed by atoms with E-state index < -0.39 is 20.0 Å². The number of rotatable bonds is 8. The maximum Gasteiger partial charge on any atom is 0.243 e. The van der Waals surface area contributed by atoms with Crippen molar-refractivity contribution >= 4 is 20.0 Å². The molecule has 0 amide bonds. The van der Waals surface area contributed by atoms with Crippen LogP contribution in [-0.4, -0.2) is 62.8 Å². The lowest BCUT2D eigenvalue weighted by Crippen LogP contribution is -2.37. The first-order valence-corrected chi connectivity index (χ1v) is 13.9. The van der Waals surface area contributed by atoms with Crippen LogP contribution >= 0.6 is 0 Å². The molecule has 4 rings (SSSR count). The molecule has 0 radical (unpaired) electrons. The zero-order chi connectivity index (χ0) is 22.6. The second kappa shape index (κ2) is 9.96. The number of piperidine rings is 1. The summed E-state index contributed by atoms with van der Waals surface area (Å²) in [5, 5.41) is 0. The lowest BCUT2D eigenvalue weighted by atomic mass is 10.2. The molecule has 0 saturated carbocycles. The van der Waals surface area contributed by atoms with E-state index in [4.69, 9.17) is 4.74 Å². The highest BCUT2D eigenvalue weighted by atomic mass is 32.2. The van der Waals surface area contributed by atoms with Crippen molar-refractivity contribution in [2.45, 2.75) is 54.5 Å². The van der Waals surface area contributed by atoms with Crippen LogP contribution in [0.4, 0.5) is 0 Å². The van der Waals surface area contributed by atoms with Gasteiger partial charge in [0, 0.05) is 32.4 Å². The van der Waals surface area contributed by atoms with E-state index >= 15 is 0 Å². The minimum absolute atomic E-state index is 0.0593. The van der Waals surface area contributed by atoms with E-state index in [1.807, 2.05) is 6.07 Å². The largest absolute Gasteiger partial charge is 0.377 e. The monoisotopic (exact) mass is 479 g/mol. The Bertz CT molecular complexity index is 1090. The zero-order valence-corrected chi connectivity index (χ0v) is 19.6. The number of benzene rings is 1. The molecule has 2 fully saturated rings. The Morgan fingerprint density at radius 2 is 1.66 bits per heavy atom. The molecule has 1 atom stereocenters. The molecule has 2 aromatic rings. The van der Waals surface area contributed by atoms with Crippen LogP contribution < -0.4 is 0 Å². The van der Waals surface area contributed by atoms with Crippen molar-refractivity contribution in [3.8, 4) is 0 Å². The Morgan fingerprint density at radius 3 is 2.28 bits per heavy atom. The van der Waals surface area contributed by atoms with Crippen LogP contribution in [0.1, 0.15) is 37.8 Å². The lowest BCUT2D eigenvalue weighted by molar-refractivity contribution is 0.0924. The van der Waals surface area contributed by atoms with Gasteiger partial charge in [0.05, 0.1) is 28.1 Å². The minimum atomic E-state index is -3.87. The van der Waals surface area contributed by atoms with E-state index in [0.717, 1.165) is 32.1 Å². The van der Waals surface area contributed by atoms with Gasteiger partial charge in [-0.05, 0) is 62.1 Å². The SMILES string of the molecule is O=S(=O)(c1ccc(S(=O)(=O)N(Cc2ccccn2)CC2CCCO2)cc1)N1CCCCC1. The topological polar surface area (TPSA) is 96.9 Å². The van der Waals surface area contributed by atoms with E-state index in [1.54, 1.807) is 18.3 Å². The molecule has 0 aliphatic carbocycles. The average Bonchev–Trinajstić information content (AvgIpc) is 3.33.